The molecule has 0 atom stereocenters. The number of benzene rings is 2. The van der Waals surface area contributed by atoms with Crippen molar-refractivity contribution in [3.05, 3.63) is 112 Å². The van der Waals surface area contributed by atoms with Crippen molar-refractivity contribution >= 4 is 28.7 Å². The SMILES string of the molecule is Cc1ccc(C(=O)c2nn(-c3ccc(Cl)cc3)c(NCCCNCc3cnn4ccccc34)c2C#N)cc1. The molecule has 0 unspecified atom stereocenters. The molecule has 0 aliphatic heterocycles. The molecule has 38 heavy (non-hydrogen) atoms. The maximum Gasteiger partial charge on any atom is 0.214 e. The predicted molar refractivity (Wildman–Crippen MR) is 148 cm³/mol. The van der Waals surface area contributed by atoms with Gasteiger partial charge in [-0.25, -0.2) is 9.20 Å². The van der Waals surface area contributed by atoms with Crippen LogP contribution >= 0.6 is 11.6 Å². The second kappa shape index (κ2) is 11.3. The van der Waals surface area contributed by atoms with Gasteiger partial charge >= 0.3 is 0 Å². The number of hydrogen-bond acceptors (Lipinski definition) is 6. The first-order valence-electron chi connectivity index (χ1n) is 12.3. The van der Waals surface area contributed by atoms with Gasteiger partial charge < -0.3 is 10.6 Å². The Morgan fingerprint density at radius 3 is 2.61 bits per heavy atom. The summed E-state index contributed by atoms with van der Waals surface area (Å²) in [7, 11) is 0. The van der Waals surface area contributed by atoms with Crippen LogP contribution in [0.3, 0.4) is 0 Å². The number of fused-ring (bicyclic) bond motifs is 1. The maximum atomic E-state index is 13.3. The average molecular weight is 524 g/mol. The number of ketones is 1. The number of pyridine rings is 1. The number of anilines is 1. The van der Waals surface area contributed by atoms with Gasteiger partial charge in [0.05, 0.1) is 17.4 Å². The molecule has 0 bridgehead atoms. The van der Waals surface area contributed by atoms with E-state index in [-0.39, 0.29) is 17.0 Å². The highest BCUT2D eigenvalue weighted by Gasteiger charge is 2.25. The van der Waals surface area contributed by atoms with E-state index in [4.69, 9.17) is 11.6 Å². The molecular weight excluding hydrogens is 498 g/mol. The molecule has 190 valence electrons. The number of hydrogen-bond donors (Lipinski definition) is 2. The molecule has 0 spiro atoms. The molecule has 3 aromatic heterocycles. The van der Waals surface area contributed by atoms with E-state index in [1.165, 1.54) is 0 Å². The van der Waals surface area contributed by atoms with Crippen LogP contribution in [0.15, 0.2) is 79.1 Å². The Bertz CT molecular complexity index is 1610. The molecule has 0 aliphatic carbocycles. The summed E-state index contributed by atoms with van der Waals surface area (Å²) in [5, 5.41) is 26.4. The molecule has 5 rings (SSSR count). The zero-order valence-electron chi connectivity index (χ0n) is 20.9. The summed E-state index contributed by atoms with van der Waals surface area (Å²) in [6, 6.07) is 22.5. The predicted octanol–water partition coefficient (Wildman–Crippen LogP) is 5.18. The van der Waals surface area contributed by atoms with E-state index >= 15 is 0 Å². The lowest BCUT2D eigenvalue weighted by Crippen LogP contribution is -2.18. The van der Waals surface area contributed by atoms with Gasteiger partial charge in [0.1, 0.15) is 17.5 Å². The molecule has 2 N–H and O–H groups in total. The van der Waals surface area contributed by atoms with Crippen LogP contribution in [-0.2, 0) is 6.54 Å². The fraction of sp³-hybridized carbons (Fsp3) is 0.172. The number of nitrogens with one attached hydrogen (secondary N) is 2. The lowest BCUT2D eigenvalue weighted by Gasteiger charge is -2.11. The Balaban J connectivity index is 1.31. The molecule has 0 saturated carbocycles. The number of nitrogens with zero attached hydrogens (tertiary/aromatic N) is 5. The summed E-state index contributed by atoms with van der Waals surface area (Å²) in [6.07, 6.45) is 4.59. The highest BCUT2D eigenvalue weighted by molar-refractivity contribution is 6.30. The number of nitriles is 1. The van der Waals surface area contributed by atoms with Gasteiger partial charge in [-0.2, -0.15) is 15.5 Å². The summed E-state index contributed by atoms with van der Waals surface area (Å²) in [5.41, 5.74) is 4.76. The quantitative estimate of drug-likeness (QED) is 0.193. The van der Waals surface area contributed by atoms with Crippen LogP contribution in [0.2, 0.25) is 5.02 Å². The molecule has 0 radical (unpaired) electrons. The monoisotopic (exact) mass is 523 g/mol. The van der Waals surface area contributed by atoms with Crippen LogP contribution in [0.25, 0.3) is 11.2 Å². The number of aryl methyl sites for hydroxylation is 1. The minimum absolute atomic E-state index is 0.111. The highest BCUT2D eigenvalue weighted by atomic mass is 35.5. The maximum absolute atomic E-state index is 13.3. The fourth-order valence-corrected chi connectivity index (χ4v) is 4.35. The third-order valence-corrected chi connectivity index (χ3v) is 6.49. The summed E-state index contributed by atoms with van der Waals surface area (Å²) >= 11 is 6.08. The lowest BCUT2D eigenvalue weighted by atomic mass is 10.0. The van der Waals surface area contributed by atoms with Crippen molar-refractivity contribution < 1.29 is 4.79 Å². The second-order valence-corrected chi connectivity index (χ2v) is 9.36. The van der Waals surface area contributed by atoms with Crippen molar-refractivity contribution in [3.63, 3.8) is 0 Å². The van der Waals surface area contributed by atoms with E-state index in [2.05, 4.69) is 26.9 Å². The summed E-state index contributed by atoms with van der Waals surface area (Å²) in [6.45, 7) is 3.99. The number of halogens is 1. The van der Waals surface area contributed by atoms with Crippen molar-refractivity contribution in [2.75, 3.05) is 18.4 Å². The Morgan fingerprint density at radius 1 is 1.05 bits per heavy atom. The van der Waals surface area contributed by atoms with E-state index in [1.54, 1.807) is 41.1 Å². The van der Waals surface area contributed by atoms with Gasteiger partial charge in [0.15, 0.2) is 5.69 Å². The van der Waals surface area contributed by atoms with Gasteiger partial charge in [0.25, 0.3) is 0 Å². The van der Waals surface area contributed by atoms with Gasteiger partial charge in [-0.3, -0.25) is 4.79 Å². The number of carbonyl (C=O) groups excluding carboxylic acids is 1. The van der Waals surface area contributed by atoms with Crippen molar-refractivity contribution in [1.82, 2.24) is 24.7 Å². The van der Waals surface area contributed by atoms with Crippen molar-refractivity contribution in [3.8, 4) is 11.8 Å². The van der Waals surface area contributed by atoms with E-state index in [0.717, 1.165) is 29.6 Å². The molecular formula is C29H26ClN7O. The van der Waals surface area contributed by atoms with Crippen LogP contribution in [-0.4, -0.2) is 38.3 Å². The molecule has 2 aromatic carbocycles. The van der Waals surface area contributed by atoms with Crippen molar-refractivity contribution in [2.45, 2.75) is 19.9 Å². The number of rotatable bonds is 10. The second-order valence-electron chi connectivity index (χ2n) is 8.92. The molecule has 5 aromatic rings. The molecule has 9 heteroatoms. The van der Waals surface area contributed by atoms with Gasteiger partial charge in [0.2, 0.25) is 5.78 Å². The third-order valence-electron chi connectivity index (χ3n) is 6.24. The topological polar surface area (TPSA) is 100 Å². The van der Waals surface area contributed by atoms with Gasteiger partial charge in [-0.05, 0) is 56.3 Å². The summed E-state index contributed by atoms with van der Waals surface area (Å²) < 4.78 is 3.46. The van der Waals surface area contributed by atoms with E-state index < -0.39 is 0 Å². The fourth-order valence-electron chi connectivity index (χ4n) is 4.22. The first-order chi connectivity index (χ1) is 18.5. The molecule has 0 aliphatic rings. The van der Waals surface area contributed by atoms with E-state index in [1.807, 2.05) is 54.2 Å². The smallest absolute Gasteiger partial charge is 0.214 e. The average Bonchev–Trinajstić information content (AvgIpc) is 3.52. The third kappa shape index (κ3) is 5.30. The molecule has 8 nitrogen and oxygen atoms in total. The normalized spacial score (nSPS) is 11.0. The molecule has 0 saturated heterocycles. The van der Waals surface area contributed by atoms with E-state index in [9.17, 15) is 10.1 Å². The summed E-state index contributed by atoms with van der Waals surface area (Å²) in [4.78, 5) is 13.3. The number of aromatic nitrogens is 4. The van der Waals surface area contributed by atoms with Crippen molar-refractivity contribution in [2.24, 2.45) is 0 Å². The van der Waals surface area contributed by atoms with Gasteiger partial charge in [-0.15, -0.1) is 0 Å². The molecule has 0 amide bonds. The molecule has 3 heterocycles. The highest BCUT2D eigenvalue weighted by Crippen LogP contribution is 2.26. The minimum Gasteiger partial charge on any atom is -0.369 e. The Kier molecular flexibility index (Phi) is 7.50. The minimum atomic E-state index is -0.299. The van der Waals surface area contributed by atoms with Gasteiger partial charge in [0, 0.05) is 35.4 Å². The Hall–Kier alpha value is -4.45. The number of carbonyl (C=O) groups is 1. The van der Waals surface area contributed by atoms with Crippen LogP contribution in [0.4, 0.5) is 5.82 Å². The van der Waals surface area contributed by atoms with Crippen LogP contribution in [0, 0.1) is 18.3 Å². The van der Waals surface area contributed by atoms with Crippen LogP contribution in [0.1, 0.15) is 39.2 Å². The van der Waals surface area contributed by atoms with E-state index in [0.29, 0.717) is 35.2 Å². The lowest BCUT2D eigenvalue weighted by molar-refractivity contribution is 0.103. The zero-order valence-corrected chi connectivity index (χ0v) is 21.6. The van der Waals surface area contributed by atoms with Crippen LogP contribution in [0.5, 0.6) is 0 Å². The van der Waals surface area contributed by atoms with Gasteiger partial charge in [-0.1, -0.05) is 47.5 Å². The Labute approximate surface area is 225 Å². The largest absolute Gasteiger partial charge is 0.369 e. The standard InChI is InChI=1S/C29H26ClN7O/c1-20-6-8-21(9-7-20)28(38)27-25(17-31)29(37(35-27)24-12-10-23(30)11-13-24)33-15-4-14-32-18-22-19-34-36-16-3-2-5-26(22)36/h2-3,5-13,16,19,32-33H,4,14-15,18H2,1H3. The first-order valence-corrected chi connectivity index (χ1v) is 12.7. The first kappa shape index (κ1) is 25.2. The zero-order chi connectivity index (χ0) is 26.5. The molecule has 0 fully saturated rings. The van der Waals surface area contributed by atoms with Crippen LogP contribution < -0.4 is 10.6 Å². The summed E-state index contributed by atoms with van der Waals surface area (Å²) in [5.74, 6) is 0.181. The Morgan fingerprint density at radius 2 is 1.84 bits per heavy atom. The van der Waals surface area contributed by atoms with Crippen molar-refractivity contribution in [1.29, 1.82) is 5.26 Å².